The molecular formula is C22H28N4O5. The second-order valence-electron chi connectivity index (χ2n) is 6.83. The van der Waals surface area contributed by atoms with Crippen LogP contribution in [-0.4, -0.2) is 53.9 Å². The highest BCUT2D eigenvalue weighted by Gasteiger charge is 2.20. The van der Waals surface area contributed by atoms with Gasteiger partial charge >= 0.3 is 5.69 Å². The van der Waals surface area contributed by atoms with Gasteiger partial charge in [-0.2, -0.15) is 0 Å². The van der Waals surface area contributed by atoms with Crippen molar-refractivity contribution in [2.24, 2.45) is 0 Å². The number of nitrogens with zero attached hydrogens (tertiary/aromatic N) is 2. The van der Waals surface area contributed by atoms with Gasteiger partial charge in [-0.25, -0.2) is 0 Å². The molecule has 0 aliphatic carbocycles. The Kier molecular flexibility index (Phi) is 8.95. The standard InChI is InChI=1S/C22H28N4O5/c1-4-25(5-2)15-14-23-22(28)17-10-12-18(13-11-17)24-21(27)16(3)31-20-9-7-6-8-19(20)26(29)30/h6-13,16H,4-5,14-15H2,1-3H3,(H,23,28)(H,24,27). The summed E-state index contributed by atoms with van der Waals surface area (Å²) in [6.45, 7) is 8.85. The van der Waals surface area contributed by atoms with Gasteiger partial charge in [0.25, 0.3) is 11.8 Å². The van der Waals surface area contributed by atoms with Gasteiger partial charge in [-0.15, -0.1) is 0 Å². The van der Waals surface area contributed by atoms with Crippen LogP contribution < -0.4 is 15.4 Å². The summed E-state index contributed by atoms with van der Waals surface area (Å²) in [5.41, 5.74) is 0.767. The van der Waals surface area contributed by atoms with Gasteiger partial charge in [0.15, 0.2) is 11.9 Å². The van der Waals surface area contributed by atoms with Crippen LogP contribution in [0, 0.1) is 10.1 Å². The number of nitrogens with one attached hydrogen (secondary N) is 2. The normalized spacial score (nSPS) is 11.6. The van der Waals surface area contributed by atoms with Gasteiger partial charge in [0.1, 0.15) is 0 Å². The molecule has 31 heavy (non-hydrogen) atoms. The molecule has 0 saturated carbocycles. The van der Waals surface area contributed by atoms with Crippen molar-refractivity contribution in [1.29, 1.82) is 0 Å². The molecule has 9 heteroatoms. The van der Waals surface area contributed by atoms with Crippen LogP contribution in [-0.2, 0) is 4.79 Å². The van der Waals surface area contributed by atoms with Gasteiger partial charge in [0, 0.05) is 30.4 Å². The molecule has 166 valence electrons. The lowest BCUT2D eigenvalue weighted by Crippen LogP contribution is -2.34. The van der Waals surface area contributed by atoms with Crippen LogP contribution >= 0.6 is 0 Å². The molecule has 0 radical (unpaired) electrons. The van der Waals surface area contributed by atoms with E-state index in [0.717, 1.165) is 19.6 Å². The van der Waals surface area contributed by atoms with Crippen LogP contribution in [0.5, 0.6) is 5.75 Å². The molecule has 0 fully saturated rings. The number of para-hydroxylation sites is 2. The second-order valence-corrected chi connectivity index (χ2v) is 6.83. The molecule has 1 unspecified atom stereocenters. The predicted molar refractivity (Wildman–Crippen MR) is 118 cm³/mol. The number of nitro benzene ring substituents is 1. The summed E-state index contributed by atoms with van der Waals surface area (Å²) < 4.78 is 5.46. The van der Waals surface area contributed by atoms with E-state index in [9.17, 15) is 19.7 Å². The van der Waals surface area contributed by atoms with Gasteiger partial charge in [-0.3, -0.25) is 19.7 Å². The third-order valence-corrected chi connectivity index (χ3v) is 4.76. The van der Waals surface area contributed by atoms with Crippen molar-refractivity contribution in [1.82, 2.24) is 10.2 Å². The lowest BCUT2D eigenvalue weighted by Gasteiger charge is -2.18. The lowest BCUT2D eigenvalue weighted by molar-refractivity contribution is -0.386. The van der Waals surface area contributed by atoms with Crippen molar-refractivity contribution in [3.63, 3.8) is 0 Å². The summed E-state index contributed by atoms with van der Waals surface area (Å²) in [6.07, 6.45) is -0.954. The SMILES string of the molecule is CCN(CC)CCNC(=O)c1ccc(NC(=O)C(C)Oc2ccccc2[N+](=O)[O-])cc1. The molecule has 0 spiro atoms. The van der Waals surface area contributed by atoms with Crippen molar-refractivity contribution in [3.8, 4) is 5.75 Å². The van der Waals surface area contributed by atoms with Crippen LogP contribution in [0.4, 0.5) is 11.4 Å². The van der Waals surface area contributed by atoms with Gasteiger partial charge < -0.3 is 20.3 Å². The molecule has 0 bridgehead atoms. The van der Waals surface area contributed by atoms with E-state index in [1.54, 1.807) is 30.3 Å². The summed E-state index contributed by atoms with van der Waals surface area (Å²) in [5, 5.41) is 16.6. The van der Waals surface area contributed by atoms with Gasteiger partial charge in [0.2, 0.25) is 0 Å². The Morgan fingerprint density at radius 1 is 1.10 bits per heavy atom. The molecule has 2 aromatic rings. The number of carbonyl (C=O) groups excluding carboxylic acids is 2. The number of ether oxygens (including phenoxy) is 1. The fourth-order valence-electron chi connectivity index (χ4n) is 2.87. The van der Waals surface area contributed by atoms with Crippen LogP contribution in [0.2, 0.25) is 0 Å². The smallest absolute Gasteiger partial charge is 0.310 e. The first-order chi connectivity index (χ1) is 14.8. The number of hydrogen-bond donors (Lipinski definition) is 2. The molecule has 1 atom stereocenters. The van der Waals surface area contributed by atoms with E-state index in [1.165, 1.54) is 25.1 Å². The first-order valence-corrected chi connectivity index (χ1v) is 10.2. The number of nitro groups is 1. The summed E-state index contributed by atoms with van der Waals surface area (Å²) >= 11 is 0. The largest absolute Gasteiger partial charge is 0.474 e. The predicted octanol–water partition coefficient (Wildman–Crippen LogP) is 3.07. The number of amides is 2. The summed E-state index contributed by atoms with van der Waals surface area (Å²) in [7, 11) is 0. The third kappa shape index (κ3) is 7.07. The Bertz CT molecular complexity index is 897. The second kappa shape index (κ2) is 11.7. The fourth-order valence-corrected chi connectivity index (χ4v) is 2.87. The van der Waals surface area contributed by atoms with E-state index >= 15 is 0 Å². The maximum atomic E-state index is 12.4. The number of carbonyl (C=O) groups is 2. The highest BCUT2D eigenvalue weighted by atomic mass is 16.6. The number of rotatable bonds is 11. The molecular weight excluding hydrogens is 400 g/mol. The maximum absolute atomic E-state index is 12.4. The molecule has 0 aliphatic rings. The zero-order valence-corrected chi connectivity index (χ0v) is 18.0. The van der Waals surface area contributed by atoms with Crippen molar-refractivity contribution < 1.29 is 19.2 Å². The average Bonchev–Trinajstić information content (AvgIpc) is 2.77. The van der Waals surface area contributed by atoms with E-state index in [4.69, 9.17) is 4.74 Å². The van der Waals surface area contributed by atoms with Crippen LogP contribution in [0.1, 0.15) is 31.1 Å². The molecule has 0 aliphatic heterocycles. The van der Waals surface area contributed by atoms with E-state index in [-0.39, 0.29) is 17.3 Å². The van der Waals surface area contributed by atoms with Crippen molar-refractivity contribution in [3.05, 3.63) is 64.2 Å². The molecule has 2 aromatic carbocycles. The first kappa shape index (κ1) is 23.8. The van der Waals surface area contributed by atoms with Crippen LogP contribution in [0.3, 0.4) is 0 Å². The molecule has 2 amide bonds. The van der Waals surface area contributed by atoms with Crippen LogP contribution in [0.15, 0.2) is 48.5 Å². The molecule has 0 saturated heterocycles. The Balaban J connectivity index is 1.90. The number of likely N-dealkylation sites (N-methyl/N-ethyl adjacent to an activating group) is 1. The first-order valence-electron chi connectivity index (χ1n) is 10.2. The highest BCUT2D eigenvalue weighted by Crippen LogP contribution is 2.27. The zero-order valence-electron chi connectivity index (χ0n) is 18.0. The van der Waals surface area contributed by atoms with Crippen LogP contribution in [0.25, 0.3) is 0 Å². The number of benzene rings is 2. The summed E-state index contributed by atoms with van der Waals surface area (Å²) in [6, 6.07) is 12.4. The quantitative estimate of drug-likeness (QED) is 0.420. The van der Waals surface area contributed by atoms with E-state index in [1.807, 2.05) is 0 Å². The fraction of sp³-hybridized carbons (Fsp3) is 0.364. The Hall–Kier alpha value is -3.46. The Labute approximate surface area is 181 Å². The number of anilines is 1. The lowest BCUT2D eigenvalue weighted by atomic mass is 10.2. The van der Waals surface area contributed by atoms with Crippen molar-refractivity contribution >= 4 is 23.2 Å². The van der Waals surface area contributed by atoms with Gasteiger partial charge in [-0.05, 0) is 50.3 Å². The number of hydrogen-bond acceptors (Lipinski definition) is 6. The highest BCUT2D eigenvalue weighted by molar-refractivity contribution is 5.96. The minimum Gasteiger partial charge on any atom is -0.474 e. The van der Waals surface area contributed by atoms with Gasteiger partial charge in [-0.1, -0.05) is 26.0 Å². The topological polar surface area (TPSA) is 114 Å². The average molecular weight is 428 g/mol. The summed E-state index contributed by atoms with van der Waals surface area (Å²) in [5.74, 6) is -0.625. The molecule has 2 rings (SSSR count). The van der Waals surface area contributed by atoms with E-state index < -0.39 is 16.9 Å². The molecule has 0 heterocycles. The minimum atomic E-state index is -0.954. The summed E-state index contributed by atoms with van der Waals surface area (Å²) in [4.78, 5) is 37.4. The maximum Gasteiger partial charge on any atom is 0.310 e. The van der Waals surface area contributed by atoms with Crippen molar-refractivity contribution in [2.45, 2.75) is 26.9 Å². The van der Waals surface area contributed by atoms with Crippen molar-refractivity contribution in [2.75, 3.05) is 31.5 Å². The zero-order chi connectivity index (χ0) is 22.8. The third-order valence-electron chi connectivity index (χ3n) is 4.76. The van der Waals surface area contributed by atoms with E-state index in [2.05, 4.69) is 29.4 Å². The van der Waals surface area contributed by atoms with Gasteiger partial charge in [0.05, 0.1) is 4.92 Å². The Morgan fingerprint density at radius 2 is 1.74 bits per heavy atom. The minimum absolute atomic E-state index is 0.0203. The Morgan fingerprint density at radius 3 is 2.35 bits per heavy atom. The van der Waals surface area contributed by atoms with E-state index in [0.29, 0.717) is 17.8 Å². The monoisotopic (exact) mass is 428 g/mol. The molecule has 9 nitrogen and oxygen atoms in total. The molecule has 2 N–H and O–H groups in total. The molecule has 0 aromatic heterocycles.